The van der Waals surface area contributed by atoms with Crippen molar-refractivity contribution in [3.05, 3.63) is 42.4 Å². The number of carbonyl (C=O) groups is 2. The zero-order valence-corrected chi connectivity index (χ0v) is 20.6. The monoisotopic (exact) mass is 540 g/mol. The van der Waals surface area contributed by atoms with Gasteiger partial charge in [0.05, 0.1) is 27.2 Å². The second-order valence-electron chi connectivity index (χ2n) is 7.66. The number of benzene rings is 1. The smallest absolute Gasteiger partial charge is 0.459 e. The van der Waals surface area contributed by atoms with Crippen LogP contribution in [0.5, 0.6) is 11.6 Å². The molecular weight excluding hydrogens is 515 g/mol. The number of hydrogen-bond acceptors (Lipinski definition) is 13. The van der Waals surface area contributed by atoms with Crippen LogP contribution in [0.25, 0.3) is 0 Å². The minimum Gasteiger partial charge on any atom is -0.492 e. The number of carbonyl (C=O) groups excluding carboxylic acids is 2. The van der Waals surface area contributed by atoms with Crippen molar-refractivity contribution < 1.29 is 52.7 Å². The van der Waals surface area contributed by atoms with Crippen molar-refractivity contribution in [2.75, 3.05) is 20.8 Å². The van der Waals surface area contributed by atoms with Gasteiger partial charge in [0.2, 0.25) is 11.6 Å². The highest BCUT2D eigenvalue weighted by Crippen LogP contribution is 2.46. The molecule has 0 spiro atoms. The SMILES string of the molecule is COC(=O)C[C@H](NP(=O)(OC[C@H]1O[C@@H](n2cnc(C#N)c2O)[C@H](O)C1O)Oc1ccccc1)C(=O)OC. The lowest BCUT2D eigenvalue weighted by molar-refractivity contribution is -0.149. The fraction of sp³-hybridized carbons (Fsp3) is 0.429. The van der Waals surface area contributed by atoms with Crippen LogP contribution in [0.15, 0.2) is 36.7 Å². The van der Waals surface area contributed by atoms with E-state index in [1.165, 1.54) is 12.1 Å². The quantitative estimate of drug-likeness (QED) is 0.218. The zero-order chi connectivity index (χ0) is 27.2. The van der Waals surface area contributed by atoms with Gasteiger partial charge in [-0.3, -0.25) is 18.7 Å². The Morgan fingerprint density at radius 3 is 2.54 bits per heavy atom. The van der Waals surface area contributed by atoms with Crippen LogP contribution in [0, 0.1) is 11.3 Å². The molecule has 200 valence electrons. The van der Waals surface area contributed by atoms with Gasteiger partial charge in [-0.05, 0) is 12.1 Å². The minimum absolute atomic E-state index is 0.0817. The summed E-state index contributed by atoms with van der Waals surface area (Å²) < 4.78 is 40.3. The third kappa shape index (κ3) is 6.63. The normalized spacial score (nSPS) is 23.4. The predicted octanol–water partition coefficient (Wildman–Crippen LogP) is -0.0224. The lowest BCUT2D eigenvalue weighted by Crippen LogP contribution is -2.40. The van der Waals surface area contributed by atoms with Crippen molar-refractivity contribution in [2.24, 2.45) is 0 Å². The van der Waals surface area contributed by atoms with E-state index in [0.717, 1.165) is 25.1 Å². The molecule has 0 radical (unpaired) electrons. The van der Waals surface area contributed by atoms with Gasteiger partial charge in [-0.1, -0.05) is 18.2 Å². The average molecular weight is 540 g/mol. The van der Waals surface area contributed by atoms with Crippen LogP contribution in [0.4, 0.5) is 0 Å². The summed E-state index contributed by atoms with van der Waals surface area (Å²) in [6, 6.07) is 7.93. The fourth-order valence-electron chi connectivity index (χ4n) is 3.36. The number of aromatic nitrogens is 2. The van der Waals surface area contributed by atoms with E-state index in [4.69, 9.17) is 19.0 Å². The maximum absolute atomic E-state index is 13.7. The minimum atomic E-state index is -4.47. The molecule has 4 N–H and O–H groups in total. The summed E-state index contributed by atoms with van der Waals surface area (Å²) in [5, 5.41) is 42.3. The number of hydrogen-bond donors (Lipinski definition) is 4. The molecule has 0 saturated carbocycles. The predicted molar refractivity (Wildman–Crippen MR) is 121 cm³/mol. The number of aromatic hydroxyl groups is 1. The molecule has 0 amide bonds. The number of imidazole rings is 1. The summed E-state index contributed by atoms with van der Waals surface area (Å²) in [7, 11) is -2.31. The molecule has 1 aromatic carbocycles. The zero-order valence-electron chi connectivity index (χ0n) is 19.7. The molecule has 0 aliphatic carbocycles. The van der Waals surface area contributed by atoms with Gasteiger partial charge in [0.1, 0.15) is 42.5 Å². The maximum Gasteiger partial charge on any atom is 0.459 e. The molecular formula is C21H25N4O11P. The summed E-state index contributed by atoms with van der Waals surface area (Å²) >= 11 is 0. The summed E-state index contributed by atoms with van der Waals surface area (Å²) in [4.78, 5) is 27.7. The van der Waals surface area contributed by atoms with E-state index in [-0.39, 0.29) is 11.4 Å². The van der Waals surface area contributed by atoms with Crippen LogP contribution < -0.4 is 9.61 Å². The third-order valence-electron chi connectivity index (χ3n) is 5.26. The number of aliphatic hydroxyl groups excluding tert-OH is 2. The van der Waals surface area contributed by atoms with Crippen molar-refractivity contribution in [2.45, 2.75) is 37.0 Å². The van der Waals surface area contributed by atoms with Crippen LogP contribution >= 0.6 is 7.75 Å². The maximum atomic E-state index is 13.7. The number of methoxy groups -OCH3 is 2. The first-order valence-corrected chi connectivity index (χ1v) is 12.3. The lowest BCUT2D eigenvalue weighted by Gasteiger charge is -2.25. The second-order valence-corrected chi connectivity index (χ2v) is 9.36. The molecule has 0 bridgehead atoms. The Kier molecular flexibility index (Phi) is 9.22. The second kappa shape index (κ2) is 12.2. The van der Waals surface area contributed by atoms with E-state index in [9.17, 15) is 29.5 Å². The molecule has 1 fully saturated rings. The Hall–Kier alpha value is -3.51. The number of esters is 2. The van der Waals surface area contributed by atoms with Crippen LogP contribution in [0.2, 0.25) is 0 Å². The highest BCUT2D eigenvalue weighted by molar-refractivity contribution is 7.52. The molecule has 1 aliphatic rings. The molecule has 15 nitrogen and oxygen atoms in total. The highest BCUT2D eigenvalue weighted by atomic mass is 31.2. The largest absolute Gasteiger partial charge is 0.492 e. The van der Waals surface area contributed by atoms with E-state index in [0.29, 0.717) is 0 Å². The number of para-hydroxylation sites is 1. The van der Waals surface area contributed by atoms with E-state index in [1.54, 1.807) is 24.3 Å². The third-order valence-corrected chi connectivity index (χ3v) is 6.83. The van der Waals surface area contributed by atoms with Gasteiger partial charge in [-0.25, -0.2) is 9.55 Å². The molecule has 1 aromatic heterocycles. The highest BCUT2D eigenvalue weighted by Gasteiger charge is 2.46. The molecule has 37 heavy (non-hydrogen) atoms. The number of aliphatic hydroxyl groups is 2. The number of nitrogens with zero attached hydrogens (tertiary/aromatic N) is 3. The van der Waals surface area contributed by atoms with Gasteiger partial charge in [0, 0.05) is 0 Å². The molecule has 2 unspecified atom stereocenters. The first kappa shape index (κ1) is 28.1. The van der Waals surface area contributed by atoms with Gasteiger partial charge in [-0.2, -0.15) is 10.3 Å². The molecule has 2 aromatic rings. The van der Waals surface area contributed by atoms with Crippen LogP contribution in [0.1, 0.15) is 18.3 Å². The Bertz CT molecular complexity index is 1180. The standard InChI is InChI=1S/C21H25N4O11P/c1-32-16(26)8-13(21(30)33-2)24-37(31,36-12-6-4-3-5-7-12)34-10-15-17(27)18(28)20(35-15)25-11-23-14(9-22)19(25)29/h3-7,11,13,15,17-18,20,27-29H,8,10H2,1-2H3,(H,24,31)/t13-,15+,17?,18+,20+,37?/m0/s1. The summed E-state index contributed by atoms with van der Waals surface area (Å²) in [5.41, 5.74) is -0.325. The van der Waals surface area contributed by atoms with Gasteiger partial charge in [-0.15, -0.1) is 0 Å². The topological polar surface area (TPSA) is 212 Å². The number of ether oxygens (including phenoxy) is 3. The van der Waals surface area contributed by atoms with Gasteiger partial charge >= 0.3 is 19.7 Å². The molecule has 2 heterocycles. The first-order valence-electron chi connectivity index (χ1n) is 10.7. The summed E-state index contributed by atoms with van der Waals surface area (Å²) in [6.45, 7) is -0.640. The molecule has 16 heteroatoms. The van der Waals surface area contributed by atoms with Crippen molar-refractivity contribution in [3.63, 3.8) is 0 Å². The Labute approximate surface area is 210 Å². The van der Waals surface area contributed by atoms with E-state index < -0.39 is 69.2 Å². The van der Waals surface area contributed by atoms with E-state index in [2.05, 4.69) is 19.5 Å². The van der Waals surface area contributed by atoms with Crippen molar-refractivity contribution in [1.29, 1.82) is 5.26 Å². The Balaban J connectivity index is 1.80. The van der Waals surface area contributed by atoms with Crippen LogP contribution in [-0.4, -0.2) is 82.0 Å². The van der Waals surface area contributed by atoms with Gasteiger partial charge in [0.15, 0.2) is 6.23 Å². The van der Waals surface area contributed by atoms with Crippen molar-refractivity contribution in [1.82, 2.24) is 14.6 Å². The fourth-order valence-corrected chi connectivity index (χ4v) is 4.86. The van der Waals surface area contributed by atoms with E-state index >= 15 is 0 Å². The average Bonchev–Trinajstić information content (AvgIpc) is 3.40. The Morgan fingerprint density at radius 1 is 1.24 bits per heavy atom. The summed E-state index contributed by atoms with van der Waals surface area (Å²) in [6.07, 6.45) is -5.38. The van der Waals surface area contributed by atoms with E-state index in [1.807, 2.05) is 0 Å². The molecule has 6 atom stereocenters. The molecule has 3 rings (SSSR count). The number of rotatable bonds is 11. The van der Waals surface area contributed by atoms with Crippen LogP contribution in [0.3, 0.4) is 0 Å². The van der Waals surface area contributed by atoms with Crippen molar-refractivity contribution in [3.8, 4) is 17.7 Å². The van der Waals surface area contributed by atoms with Gasteiger partial charge in [0.25, 0.3) is 0 Å². The van der Waals surface area contributed by atoms with Gasteiger partial charge < -0.3 is 34.1 Å². The number of nitriles is 1. The van der Waals surface area contributed by atoms with Crippen molar-refractivity contribution >= 4 is 19.7 Å². The lowest BCUT2D eigenvalue weighted by atomic mass is 10.1. The van der Waals surface area contributed by atoms with Crippen LogP contribution in [-0.2, 0) is 32.9 Å². The number of nitrogens with one attached hydrogen (secondary N) is 1. The molecule has 1 saturated heterocycles. The Morgan fingerprint density at radius 2 is 1.95 bits per heavy atom. The summed E-state index contributed by atoms with van der Waals surface area (Å²) in [5.74, 6) is -2.28. The first-order chi connectivity index (χ1) is 17.6. The molecule has 1 aliphatic heterocycles.